The maximum Gasteiger partial charge on any atom is 0.573 e. The second-order valence-electron chi connectivity index (χ2n) is 7.53. The van der Waals surface area contributed by atoms with Crippen LogP contribution in [0.5, 0.6) is 5.75 Å². The highest BCUT2D eigenvalue weighted by molar-refractivity contribution is 6.30. The molecule has 0 bridgehead atoms. The number of anilines is 3. The molecule has 2 N–H and O–H groups in total. The van der Waals surface area contributed by atoms with Crippen molar-refractivity contribution in [3.63, 3.8) is 0 Å². The number of aryl methyl sites for hydroxylation is 2. The molecule has 0 aliphatic carbocycles. The van der Waals surface area contributed by atoms with Gasteiger partial charge >= 0.3 is 6.36 Å². The summed E-state index contributed by atoms with van der Waals surface area (Å²) in [5.74, 6) is 0.547. The van der Waals surface area contributed by atoms with Crippen molar-refractivity contribution in [1.29, 1.82) is 0 Å². The van der Waals surface area contributed by atoms with Crippen molar-refractivity contribution in [3.8, 4) is 17.0 Å². The lowest BCUT2D eigenvalue weighted by Gasteiger charge is -2.17. The first-order valence-electron chi connectivity index (χ1n) is 10.1. The Bertz CT molecular complexity index is 1080. The second kappa shape index (κ2) is 9.65. The number of ether oxygens (including phenoxy) is 1. The quantitative estimate of drug-likeness (QED) is 0.385. The highest BCUT2D eigenvalue weighted by Crippen LogP contribution is 2.31. The fraction of sp³-hybridized carbons (Fsp3) is 0.304. The van der Waals surface area contributed by atoms with E-state index in [0.717, 1.165) is 23.2 Å². The van der Waals surface area contributed by atoms with Crippen LogP contribution in [-0.4, -0.2) is 22.4 Å². The summed E-state index contributed by atoms with van der Waals surface area (Å²) in [6, 6.07) is 11.2. The van der Waals surface area contributed by atoms with Gasteiger partial charge in [0.15, 0.2) is 0 Å². The Hall–Kier alpha value is -3.00. The van der Waals surface area contributed by atoms with Crippen LogP contribution in [0.3, 0.4) is 0 Å². The fourth-order valence-electron chi connectivity index (χ4n) is 3.13. The van der Waals surface area contributed by atoms with Crippen LogP contribution in [0.4, 0.5) is 30.6 Å². The maximum atomic E-state index is 12.7. The third-order valence-electron chi connectivity index (χ3n) is 4.83. The lowest BCUT2D eigenvalue weighted by molar-refractivity contribution is -0.274. The van der Waals surface area contributed by atoms with Gasteiger partial charge in [0.25, 0.3) is 0 Å². The van der Waals surface area contributed by atoms with Gasteiger partial charge in [0.1, 0.15) is 11.6 Å². The summed E-state index contributed by atoms with van der Waals surface area (Å²) in [6.45, 7) is 7.88. The average molecular weight is 465 g/mol. The smallest absolute Gasteiger partial charge is 0.406 e. The normalized spacial score (nSPS) is 12.4. The van der Waals surface area contributed by atoms with Crippen molar-refractivity contribution >= 4 is 29.1 Å². The number of nitrogens with one attached hydrogen (secondary N) is 2. The monoisotopic (exact) mass is 464 g/mol. The van der Waals surface area contributed by atoms with Crippen molar-refractivity contribution < 1.29 is 17.9 Å². The van der Waals surface area contributed by atoms with E-state index in [1.807, 2.05) is 39.8 Å². The Balaban J connectivity index is 2.03. The molecule has 170 valence electrons. The number of alkyl halides is 3. The predicted molar refractivity (Wildman–Crippen MR) is 122 cm³/mol. The average Bonchev–Trinajstić information content (AvgIpc) is 2.69. The molecule has 0 fully saturated rings. The summed E-state index contributed by atoms with van der Waals surface area (Å²) in [6.07, 6.45) is -3.93. The third-order valence-corrected chi connectivity index (χ3v) is 5.05. The fourth-order valence-corrected chi connectivity index (χ4v) is 3.46. The van der Waals surface area contributed by atoms with Crippen LogP contribution >= 0.6 is 11.6 Å². The number of halogens is 4. The zero-order chi connectivity index (χ0) is 23.5. The van der Waals surface area contributed by atoms with Gasteiger partial charge in [-0.25, -0.2) is 4.98 Å². The molecule has 2 aromatic carbocycles. The molecule has 0 unspecified atom stereocenters. The number of nitrogens with zero attached hydrogens (tertiary/aromatic N) is 2. The summed E-state index contributed by atoms with van der Waals surface area (Å²) < 4.78 is 42.0. The molecule has 1 heterocycles. The minimum Gasteiger partial charge on any atom is -0.406 e. The van der Waals surface area contributed by atoms with E-state index >= 15 is 0 Å². The molecule has 32 heavy (non-hydrogen) atoms. The summed E-state index contributed by atoms with van der Waals surface area (Å²) in [5, 5.41) is 7.16. The van der Waals surface area contributed by atoms with Gasteiger partial charge in [-0.05, 0) is 62.6 Å². The Morgan fingerprint density at radius 1 is 1.06 bits per heavy atom. The van der Waals surface area contributed by atoms with Crippen molar-refractivity contribution in [1.82, 2.24) is 9.97 Å². The van der Waals surface area contributed by atoms with Crippen LogP contribution in [0, 0.1) is 13.8 Å². The van der Waals surface area contributed by atoms with Crippen LogP contribution in [-0.2, 0) is 0 Å². The zero-order valence-electron chi connectivity index (χ0n) is 18.1. The molecule has 3 rings (SSSR count). The topological polar surface area (TPSA) is 59.1 Å². The molecule has 0 radical (unpaired) electrons. The van der Waals surface area contributed by atoms with E-state index in [1.54, 1.807) is 12.1 Å². The molecule has 9 heteroatoms. The molecule has 5 nitrogen and oxygen atoms in total. The minimum atomic E-state index is -4.77. The van der Waals surface area contributed by atoms with Crippen LogP contribution in [0.25, 0.3) is 11.3 Å². The van der Waals surface area contributed by atoms with Crippen LogP contribution in [0.15, 0.2) is 42.5 Å². The largest absolute Gasteiger partial charge is 0.573 e. The molecule has 3 aromatic rings. The minimum absolute atomic E-state index is 0.108. The molecule has 1 aromatic heterocycles. The highest BCUT2D eigenvalue weighted by atomic mass is 35.5. The lowest BCUT2D eigenvalue weighted by Crippen LogP contribution is -2.17. The van der Waals surface area contributed by atoms with Gasteiger partial charge in [-0.15, -0.1) is 13.2 Å². The first-order chi connectivity index (χ1) is 15.0. The van der Waals surface area contributed by atoms with Gasteiger partial charge in [-0.3, -0.25) is 0 Å². The zero-order valence-corrected chi connectivity index (χ0v) is 18.9. The van der Waals surface area contributed by atoms with Crippen LogP contribution in [0.1, 0.15) is 31.4 Å². The number of hydrogen-bond donors (Lipinski definition) is 2. The number of benzene rings is 2. The van der Waals surface area contributed by atoms with E-state index in [1.165, 1.54) is 18.2 Å². The Kier molecular flexibility index (Phi) is 7.13. The van der Waals surface area contributed by atoms with Gasteiger partial charge in [0.05, 0.1) is 5.69 Å². The van der Waals surface area contributed by atoms with Crippen molar-refractivity contribution in [3.05, 3.63) is 58.6 Å². The first-order valence-corrected chi connectivity index (χ1v) is 10.5. The second-order valence-corrected chi connectivity index (χ2v) is 7.97. The van der Waals surface area contributed by atoms with E-state index < -0.39 is 6.36 Å². The van der Waals surface area contributed by atoms with Crippen molar-refractivity contribution in [2.75, 3.05) is 10.6 Å². The standard InChI is InChI=1S/C23H24ClF3N4O/c1-5-15(4)28-22-29-19(16-7-6-8-18(11-16)32-23(25,26)27)12-20(31-22)30-21-13(2)9-17(24)10-14(21)3/h6-12,15H,5H2,1-4H3,(H2,28,29,30,31)/t15-/m0/s1. The molecule has 0 saturated carbocycles. The molecular weight excluding hydrogens is 441 g/mol. The molecule has 0 aliphatic rings. The van der Waals surface area contributed by atoms with Crippen molar-refractivity contribution in [2.45, 2.75) is 46.5 Å². The van der Waals surface area contributed by atoms with Gasteiger partial charge in [-0.1, -0.05) is 30.7 Å². The van der Waals surface area contributed by atoms with E-state index in [-0.39, 0.29) is 11.8 Å². The molecule has 0 saturated heterocycles. The van der Waals surface area contributed by atoms with Crippen LogP contribution < -0.4 is 15.4 Å². The number of hydrogen-bond acceptors (Lipinski definition) is 5. The Labute approximate surface area is 190 Å². The van der Waals surface area contributed by atoms with E-state index in [0.29, 0.717) is 28.0 Å². The Morgan fingerprint density at radius 3 is 2.38 bits per heavy atom. The summed E-state index contributed by atoms with van der Waals surface area (Å²) in [5.41, 5.74) is 3.64. The molecule has 0 amide bonds. The summed E-state index contributed by atoms with van der Waals surface area (Å²) in [7, 11) is 0. The van der Waals surface area contributed by atoms with Gasteiger partial charge < -0.3 is 15.4 Å². The number of rotatable bonds is 7. The third kappa shape index (κ3) is 6.26. The summed E-state index contributed by atoms with van der Waals surface area (Å²) >= 11 is 6.13. The van der Waals surface area contributed by atoms with Crippen molar-refractivity contribution in [2.24, 2.45) is 0 Å². The van der Waals surface area contributed by atoms with Crippen LogP contribution in [0.2, 0.25) is 5.02 Å². The lowest BCUT2D eigenvalue weighted by atomic mass is 10.1. The number of aromatic nitrogens is 2. The summed E-state index contributed by atoms with van der Waals surface area (Å²) in [4.78, 5) is 9.06. The Morgan fingerprint density at radius 2 is 1.75 bits per heavy atom. The molecular formula is C23H24ClF3N4O. The predicted octanol–water partition coefficient (Wildman–Crippen LogP) is 7.27. The SMILES string of the molecule is CC[C@H](C)Nc1nc(Nc2c(C)cc(Cl)cc2C)cc(-c2cccc(OC(F)(F)F)c2)n1. The molecule has 0 aliphatic heterocycles. The van der Waals surface area contributed by atoms with Gasteiger partial charge in [-0.2, -0.15) is 4.98 Å². The van der Waals surface area contributed by atoms with E-state index in [9.17, 15) is 13.2 Å². The van der Waals surface area contributed by atoms with Gasteiger partial charge in [0.2, 0.25) is 5.95 Å². The van der Waals surface area contributed by atoms with E-state index in [4.69, 9.17) is 11.6 Å². The maximum absolute atomic E-state index is 12.7. The molecule has 1 atom stereocenters. The highest BCUT2D eigenvalue weighted by Gasteiger charge is 2.31. The van der Waals surface area contributed by atoms with Gasteiger partial charge in [0, 0.05) is 28.4 Å². The van der Waals surface area contributed by atoms with E-state index in [2.05, 4.69) is 25.3 Å². The first kappa shape index (κ1) is 23.7. The molecule has 0 spiro atoms.